The van der Waals surface area contributed by atoms with Gasteiger partial charge in [-0.2, -0.15) is 0 Å². The van der Waals surface area contributed by atoms with Gasteiger partial charge < -0.3 is 15.2 Å². The molecule has 0 radical (unpaired) electrons. The van der Waals surface area contributed by atoms with Crippen molar-refractivity contribution in [2.45, 2.75) is 96.8 Å². The van der Waals surface area contributed by atoms with Crippen LogP contribution in [0.3, 0.4) is 0 Å². The number of nitrogens with one attached hydrogen (secondary N) is 1. The van der Waals surface area contributed by atoms with E-state index in [0.29, 0.717) is 13.0 Å². The minimum Gasteiger partial charge on any atom is -0.449 e. The van der Waals surface area contributed by atoms with Crippen LogP contribution in [0.2, 0.25) is 0 Å². The Balaban J connectivity index is 3.25. The van der Waals surface area contributed by atoms with E-state index in [2.05, 4.69) is 18.8 Å². The minimum absolute atomic E-state index is 0.0121. The third-order valence-corrected chi connectivity index (χ3v) is 4.76. The van der Waals surface area contributed by atoms with Crippen LogP contribution in [0, 0.1) is 5.92 Å². The molecule has 0 aliphatic heterocycles. The number of carbonyl (C=O) groups excluding carboxylic acids is 1. The third kappa shape index (κ3) is 17.8. The summed E-state index contributed by atoms with van der Waals surface area (Å²) in [6.07, 6.45) is 19.2. The van der Waals surface area contributed by atoms with E-state index in [4.69, 9.17) is 9.84 Å². The Morgan fingerprint density at radius 2 is 1.46 bits per heavy atom. The fourth-order valence-electron chi connectivity index (χ4n) is 3.01. The Morgan fingerprint density at radius 3 is 1.92 bits per heavy atom. The first-order valence-electron chi connectivity index (χ1n) is 10.9. The van der Waals surface area contributed by atoms with E-state index < -0.39 is 0 Å². The van der Waals surface area contributed by atoms with Crippen LogP contribution in [0.4, 0.5) is 4.79 Å². The number of unbranched alkanes of at least 4 members (excludes halogenated alkanes) is 12. The van der Waals surface area contributed by atoms with E-state index in [1.54, 1.807) is 6.08 Å². The zero-order valence-electron chi connectivity index (χ0n) is 17.1. The van der Waals surface area contributed by atoms with E-state index in [0.717, 1.165) is 12.8 Å². The lowest BCUT2D eigenvalue weighted by atomic mass is 10.0. The van der Waals surface area contributed by atoms with E-state index in [-0.39, 0.29) is 25.2 Å². The lowest BCUT2D eigenvalue weighted by molar-refractivity contribution is 0.104. The molecule has 0 aliphatic rings. The molecule has 1 unspecified atom stereocenters. The average molecular weight is 370 g/mol. The lowest BCUT2D eigenvalue weighted by Crippen LogP contribution is -2.28. The van der Waals surface area contributed by atoms with Crippen LogP contribution < -0.4 is 5.32 Å². The third-order valence-electron chi connectivity index (χ3n) is 4.76. The number of hydrogen-bond donors (Lipinski definition) is 2. The smallest absolute Gasteiger partial charge is 0.407 e. The highest BCUT2D eigenvalue weighted by atomic mass is 16.5. The van der Waals surface area contributed by atoms with E-state index in [1.807, 2.05) is 0 Å². The molecule has 1 atom stereocenters. The van der Waals surface area contributed by atoms with Crippen molar-refractivity contribution in [3.8, 4) is 0 Å². The van der Waals surface area contributed by atoms with Gasteiger partial charge in [0.25, 0.3) is 0 Å². The van der Waals surface area contributed by atoms with Crippen LogP contribution >= 0.6 is 0 Å². The zero-order valence-corrected chi connectivity index (χ0v) is 17.1. The molecule has 0 aromatic heterocycles. The molecule has 154 valence electrons. The van der Waals surface area contributed by atoms with Crippen LogP contribution in [-0.2, 0) is 4.74 Å². The summed E-state index contributed by atoms with van der Waals surface area (Å²) in [5, 5.41) is 11.9. The number of amides is 1. The fraction of sp³-hybridized carbons (Fsp3) is 0.864. The Kier molecular flexibility index (Phi) is 19.5. The number of ether oxygens (including phenoxy) is 1. The minimum atomic E-state index is -0.383. The Bertz CT molecular complexity index is 321. The van der Waals surface area contributed by atoms with Gasteiger partial charge in [-0.05, 0) is 12.8 Å². The Morgan fingerprint density at radius 1 is 0.962 bits per heavy atom. The van der Waals surface area contributed by atoms with Crippen molar-refractivity contribution in [1.82, 2.24) is 5.32 Å². The second-order valence-corrected chi connectivity index (χ2v) is 7.34. The zero-order chi connectivity index (χ0) is 19.3. The van der Waals surface area contributed by atoms with Gasteiger partial charge in [0.1, 0.15) is 0 Å². The van der Waals surface area contributed by atoms with Crippen LogP contribution in [0.5, 0.6) is 0 Å². The lowest BCUT2D eigenvalue weighted by Gasteiger charge is -2.12. The number of alkyl carbamates (subject to hydrolysis) is 1. The highest BCUT2D eigenvalue weighted by molar-refractivity contribution is 5.67. The molecule has 0 spiro atoms. The van der Waals surface area contributed by atoms with Gasteiger partial charge in [-0.15, -0.1) is 6.58 Å². The highest BCUT2D eigenvalue weighted by Gasteiger charge is 2.09. The van der Waals surface area contributed by atoms with Crippen molar-refractivity contribution in [2.24, 2.45) is 5.92 Å². The molecule has 4 heteroatoms. The first-order valence-corrected chi connectivity index (χ1v) is 10.9. The maximum atomic E-state index is 11.5. The van der Waals surface area contributed by atoms with Gasteiger partial charge >= 0.3 is 6.09 Å². The van der Waals surface area contributed by atoms with E-state index in [9.17, 15) is 4.79 Å². The largest absolute Gasteiger partial charge is 0.449 e. The predicted octanol–water partition coefficient (Wildman–Crippen LogP) is 5.99. The van der Waals surface area contributed by atoms with Crippen molar-refractivity contribution in [3.05, 3.63) is 12.7 Å². The van der Waals surface area contributed by atoms with Gasteiger partial charge in [-0.25, -0.2) is 4.79 Å². The molecule has 0 fully saturated rings. The first-order chi connectivity index (χ1) is 12.7. The fourth-order valence-corrected chi connectivity index (χ4v) is 3.01. The second-order valence-electron chi connectivity index (χ2n) is 7.34. The molecule has 0 heterocycles. The molecule has 0 saturated heterocycles. The number of rotatable bonds is 19. The molecule has 2 N–H and O–H groups in total. The summed E-state index contributed by atoms with van der Waals surface area (Å²) in [5.41, 5.74) is 0. The molecule has 0 bridgehead atoms. The molecule has 0 rings (SSSR count). The van der Waals surface area contributed by atoms with Crippen LogP contribution in [-0.4, -0.2) is 31.0 Å². The monoisotopic (exact) mass is 369 g/mol. The topological polar surface area (TPSA) is 58.6 Å². The second kappa shape index (κ2) is 20.3. The SMILES string of the molecule is C=CCC(CO)COC(=O)NCCCCCCCCCCCCCCC. The number of allylic oxidation sites excluding steroid dienone is 1. The van der Waals surface area contributed by atoms with Crippen molar-refractivity contribution >= 4 is 6.09 Å². The van der Waals surface area contributed by atoms with Crippen molar-refractivity contribution < 1.29 is 14.6 Å². The Labute approximate surface area is 161 Å². The van der Waals surface area contributed by atoms with Gasteiger partial charge in [-0.3, -0.25) is 0 Å². The van der Waals surface area contributed by atoms with Crippen molar-refractivity contribution in [1.29, 1.82) is 0 Å². The molecule has 26 heavy (non-hydrogen) atoms. The first kappa shape index (κ1) is 25.0. The normalized spacial score (nSPS) is 11.9. The van der Waals surface area contributed by atoms with Gasteiger partial charge in [0, 0.05) is 19.1 Å². The molecule has 0 aromatic carbocycles. The van der Waals surface area contributed by atoms with Gasteiger partial charge in [0.2, 0.25) is 0 Å². The summed E-state index contributed by atoms with van der Waals surface area (Å²) in [5.74, 6) is -0.0467. The molecular formula is C22H43NO3. The van der Waals surface area contributed by atoms with Crippen LogP contribution in [0.1, 0.15) is 96.8 Å². The van der Waals surface area contributed by atoms with Crippen LogP contribution in [0.25, 0.3) is 0 Å². The molecule has 0 aromatic rings. The summed E-state index contributed by atoms with van der Waals surface area (Å²) in [7, 11) is 0. The van der Waals surface area contributed by atoms with Gasteiger partial charge in [-0.1, -0.05) is 90.0 Å². The maximum Gasteiger partial charge on any atom is 0.407 e. The summed E-state index contributed by atoms with van der Waals surface area (Å²) < 4.78 is 5.10. The summed E-state index contributed by atoms with van der Waals surface area (Å²) >= 11 is 0. The van der Waals surface area contributed by atoms with E-state index in [1.165, 1.54) is 70.6 Å². The molecule has 1 amide bonds. The molecular weight excluding hydrogens is 326 g/mol. The summed E-state index contributed by atoms with van der Waals surface area (Å²) in [4.78, 5) is 11.5. The number of aliphatic hydroxyl groups is 1. The summed E-state index contributed by atoms with van der Waals surface area (Å²) in [6, 6.07) is 0. The highest BCUT2D eigenvalue weighted by Crippen LogP contribution is 2.12. The standard InChI is InChI=1S/C22H43NO3/c1-3-5-6-7-8-9-10-11-12-13-14-15-16-18-23-22(25)26-20-21(19-24)17-4-2/h4,21,24H,2-3,5-20H2,1H3,(H,23,25). The molecule has 0 aliphatic carbocycles. The predicted molar refractivity (Wildman–Crippen MR) is 110 cm³/mol. The quantitative estimate of drug-likeness (QED) is 0.217. The average Bonchev–Trinajstić information content (AvgIpc) is 2.65. The van der Waals surface area contributed by atoms with Crippen molar-refractivity contribution in [2.75, 3.05) is 19.8 Å². The number of aliphatic hydroxyl groups excluding tert-OH is 1. The maximum absolute atomic E-state index is 11.5. The van der Waals surface area contributed by atoms with Crippen LogP contribution in [0.15, 0.2) is 12.7 Å². The van der Waals surface area contributed by atoms with E-state index >= 15 is 0 Å². The summed E-state index contributed by atoms with van der Waals surface area (Å²) in [6.45, 7) is 6.82. The number of carbonyl (C=O) groups is 1. The van der Waals surface area contributed by atoms with Crippen molar-refractivity contribution in [3.63, 3.8) is 0 Å². The van der Waals surface area contributed by atoms with Gasteiger partial charge in [0.05, 0.1) is 6.61 Å². The number of hydrogen-bond acceptors (Lipinski definition) is 3. The molecule has 0 saturated carbocycles. The Hall–Kier alpha value is -1.03. The molecule has 4 nitrogen and oxygen atoms in total. The van der Waals surface area contributed by atoms with Gasteiger partial charge in [0.15, 0.2) is 0 Å².